The zero-order valence-corrected chi connectivity index (χ0v) is 12.2. The van der Waals surface area contributed by atoms with E-state index in [9.17, 15) is 13.2 Å². The minimum atomic E-state index is -3.69. The fourth-order valence-electron chi connectivity index (χ4n) is 2.21. The maximum absolute atomic E-state index is 12.5. The number of benzene rings is 1. The van der Waals surface area contributed by atoms with Gasteiger partial charge in [-0.1, -0.05) is 6.07 Å². The number of methoxy groups -OCH3 is 1. The van der Waals surface area contributed by atoms with Crippen molar-refractivity contribution in [2.24, 2.45) is 5.41 Å². The van der Waals surface area contributed by atoms with Crippen LogP contribution in [0, 0.1) is 5.41 Å². The van der Waals surface area contributed by atoms with Gasteiger partial charge in [0, 0.05) is 19.2 Å². The summed E-state index contributed by atoms with van der Waals surface area (Å²) in [6.07, 6.45) is 0.311. The molecule has 1 fully saturated rings. The maximum Gasteiger partial charge on any atom is 0.310 e. The van der Waals surface area contributed by atoms with Gasteiger partial charge in [-0.15, -0.1) is 0 Å². The molecule has 2 rings (SSSR count). The number of carbonyl (C=O) groups is 1. The van der Waals surface area contributed by atoms with Gasteiger partial charge in [0.05, 0.1) is 17.4 Å². The van der Waals surface area contributed by atoms with Gasteiger partial charge in [-0.25, -0.2) is 8.42 Å². The van der Waals surface area contributed by atoms with E-state index in [4.69, 9.17) is 9.84 Å². The third kappa shape index (κ3) is 2.51. The highest BCUT2D eigenvalue weighted by atomic mass is 32.2. The molecule has 0 amide bonds. The van der Waals surface area contributed by atoms with Crippen LogP contribution in [0.2, 0.25) is 0 Å². The van der Waals surface area contributed by atoms with Crippen molar-refractivity contribution in [2.45, 2.75) is 18.2 Å². The molecule has 1 atom stereocenters. The van der Waals surface area contributed by atoms with E-state index >= 15 is 0 Å². The van der Waals surface area contributed by atoms with Crippen LogP contribution in [0.1, 0.15) is 13.3 Å². The van der Waals surface area contributed by atoms with E-state index < -0.39 is 21.4 Å². The molecule has 0 aromatic heterocycles. The highest BCUT2D eigenvalue weighted by molar-refractivity contribution is 7.89. The second kappa shape index (κ2) is 5.06. The number of carboxylic acids is 1. The SMILES string of the molecule is COc1cccc(S(=O)(=O)N2CCC(C)(C(=O)O)C2)c1. The molecular formula is C13H17NO5S. The average molecular weight is 299 g/mol. The highest BCUT2D eigenvalue weighted by Crippen LogP contribution is 2.34. The van der Waals surface area contributed by atoms with Crippen molar-refractivity contribution in [3.05, 3.63) is 24.3 Å². The summed E-state index contributed by atoms with van der Waals surface area (Å²) >= 11 is 0. The summed E-state index contributed by atoms with van der Waals surface area (Å²) in [7, 11) is -2.22. The van der Waals surface area contributed by atoms with E-state index in [1.165, 1.54) is 23.5 Å². The van der Waals surface area contributed by atoms with Crippen LogP contribution in [0.4, 0.5) is 0 Å². The first-order valence-electron chi connectivity index (χ1n) is 6.17. The lowest BCUT2D eigenvalue weighted by Gasteiger charge is -2.20. The molecule has 1 heterocycles. The Balaban J connectivity index is 2.30. The minimum Gasteiger partial charge on any atom is -0.497 e. The fraction of sp³-hybridized carbons (Fsp3) is 0.462. The predicted molar refractivity (Wildman–Crippen MR) is 72.1 cm³/mol. The Morgan fingerprint density at radius 2 is 2.15 bits per heavy atom. The standard InChI is InChI=1S/C13H17NO5S/c1-13(12(15)16)6-7-14(9-13)20(17,18)11-5-3-4-10(8-11)19-2/h3-5,8H,6-7,9H2,1-2H3,(H,15,16). The summed E-state index contributed by atoms with van der Waals surface area (Å²) < 4.78 is 31.2. The van der Waals surface area contributed by atoms with Gasteiger partial charge in [0.2, 0.25) is 10.0 Å². The predicted octanol–water partition coefficient (Wildman–Crippen LogP) is 1.18. The molecule has 0 spiro atoms. The minimum absolute atomic E-state index is 0.0120. The molecule has 0 radical (unpaired) electrons. The van der Waals surface area contributed by atoms with Gasteiger partial charge in [0.1, 0.15) is 5.75 Å². The summed E-state index contributed by atoms with van der Waals surface area (Å²) in [6, 6.07) is 6.17. The van der Waals surface area contributed by atoms with E-state index in [1.807, 2.05) is 0 Å². The summed E-state index contributed by atoms with van der Waals surface area (Å²) in [5.41, 5.74) is -1.02. The van der Waals surface area contributed by atoms with Gasteiger partial charge in [0.15, 0.2) is 0 Å². The van der Waals surface area contributed by atoms with Gasteiger partial charge in [-0.05, 0) is 25.5 Å². The fourth-order valence-corrected chi connectivity index (χ4v) is 3.81. The Labute approximate surface area is 118 Å². The Bertz CT molecular complexity index is 627. The number of carboxylic acid groups (broad SMARTS) is 1. The lowest BCUT2D eigenvalue weighted by Crippen LogP contribution is -2.34. The molecule has 20 heavy (non-hydrogen) atoms. The zero-order valence-electron chi connectivity index (χ0n) is 11.4. The highest BCUT2D eigenvalue weighted by Gasteiger charge is 2.44. The smallest absolute Gasteiger partial charge is 0.310 e. The molecule has 0 bridgehead atoms. The number of rotatable bonds is 4. The molecule has 7 heteroatoms. The maximum atomic E-state index is 12.5. The first kappa shape index (κ1) is 14.8. The van der Waals surface area contributed by atoms with Crippen LogP contribution >= 0.6 is 0 Å². The molecule has 1 aromatic carbocycles. The van der Waals surface area contributed by atoms with Gasteiger partial charge in [-0.2, -0.15) is 4.31 Å². The Kier molecular flexibility index (Phi) is 3.75. The molecular weight excluding hydrogens is 282 g/mol. The number of hydrogen-bond acceptors (Lipinski definition) is 4. The second-order valence-corrected chi connectivity index (χ2v) is 7.07. The van der Waals surface area contributed by atoms with Crippen LogP contribution in [0.3, 0.4) is 0 Å². The zero-order chi connectivity index (χ0) is 15.0. The van der Waals surface area contributed by atoms with E-state index in [0.717, 1.165) is 0 Å². The lowest BCUT2D eigenvalue weighted by molar-refractivity contribution is -0.146. The van der Waals surface area contributed by atoms with Gasteiger partial charge in [-0.3, -0.25) is 4.79 Å². The Morgan fingerprint density at radius 3 is 2.70 bits per heavy atom. The van der Waals surface area contributed by atoms with Gasteiger partial charge in [0.25, 0.3) is 0 Å². The molecule has 0 saturated carbocycles. The number of ether oxygens (including phenoxy) is 1. The van der Waals surface area contributed by atoms with Crippen LogP contribution in [-0.4, -0.2) is 44.0 Å². The Hall–Kier alpha value is -1.60. The third-order valence-corrected chi connectivity index (χ3v) is 5.47. The van der Waals surface area contributed by atoms with Gasteiger partial charge >= 0.3 is 5.97 Å². The van der Waals surface area contributed by atoms with Crippen LogP contribution < -0.4 is 4.74 Å². The van der Waals surface area contributed by atoms with Crippen molar-refractivity contribution < 1.29 is 23.1 Å². The van der Waals surface area contributed by atoms with Crippen molar-refractivity contribution >= 4 is 16.0 Å². The number of nitrogens with zero attached hydrogens (tertiary/aromatic N) is 1. The normalized spacial score (nSPS) is 23.7. The largest absolute Gasteiger partial charge is 0.497 e. The average Bonchev–Trinajstić information content (AvgIpc) is 2.84. The number of hydrogen-bond donors (Lipinski definition) is 1. The first-order chi connectivity index (χ1) is 9.29. The quantitative estimate of drug-likeness (QED) is 0.902. The van der Waals surface area contributed by atoms with E-state index in [-0.39, 0.29) is 18.0 Å². The van der Waals surface area contributed by atoms with Crippen molar-refractivity contribution in [1.82, 2.24) is 4.31 Å². The van der Waals surface area contributed by atoms with Crippen LogP contribution in [0.5, 0.6) is 5.75 Å². The summed E-state index contributed by atoms with van der Waals surface area (Å²) in [6.45, 7) is 1.76. The summed E-state index contributed by atoms with van der Waals surface area (Å²) in [5.74, 6) is -0.521. The van der Waals surface area contributed by atoms with Gasteiger partial charge < -0.3 is 9.84 Å². The number of aliphatic carboxylic acids is 1. The molecule has 1 N–H and O–H groups in total. The van der Waals surface area contributed by atoms with Crippen molar-refractivity contribution in [3.63, 3.8) is 0 Å². The van der Waals surface area contributed by atoms with Crippen LogP contribution in [-0.2, 0) is 14.8 Å². The molecule has 1 unspecified atom stereocenters. The molecule has 6 nitrogen and oxygen atoms in total. The summed E-state index contributed by atoms with van der Waals surface area (Å²) in [4.78, 5) is 11.3. The topological polar surface area (TPSA) is 83.9 Å². The Morgan fingerprint density at radius 1 is 1.45 bits per heavy atom. The third-order valence-electron chi connectivity index (χ3n) is 3.63. The number of sulfonamides is 1. The molecule has 110 valence electrons. The van der Waals surface area contributed by atoms with E-state index in [2.05, 4.69) is 0 Å². The molecule has 1 saturated heterocycles. The van der Waals surface area contributed by atoms with E-state index in [0.29, 0.717) is 12.2 Å². The second-order valence-electron chi connectivity index (χ2n) is 5.13. The van der Waals surface area contributed by atoms with E-state index in [1.54, 1.807) is 19.1 Å². The van der Waals surface area contributed by atoms with Crippen LogP contribution in [0.25, 0.3) is 0 Å². The summed E-state index contributed by atoms with van der Waals surface area (Å²) in [5, 5.41) is 9.17. The molecule has 0 aliphatic carbocycles. The van der Waals surface area contributed by atoms with Crippen molar-refractivity contribution in [1.29, 1.82) is 0 Å². The molecule has 1 aliphatic rings. The van der Waals surface area contributed by atoms with Crippen molar-refractivity contribution in [2.75, 3.05) is 20.2 Å². The van der Waals surface area contributed by atoms with Crippen molar-refractivity contribution in [3.8, 4) is 5.75 Å². The van der Waals surface area contributed by atoms with Crippen LogP contribution in [0.15, 0.2) is 29.2 Å². The molecule has 1 aromatic rings. The monoisotopic (exact) mass is 299 g/mol. The first-order valence-corrected chi connectivity index (χ1v) is 7.61. The lowest BCUT2D eigenvalue weighted by atomic mass is 9.90. The molecule has 1 aliphatic heterocycles.